The maximum Gasteiger partial charge on any atom is 0.329 e. The van der Waals surface area contributed by atoms with Gasteiger partial charge in [0.05, 0.1) is 18.2 Å². The largest absolute Gasteiger partial charge is 0.481 e. The Kier molecular flexibility index (Phi) is 5.58. The number of carbonyl (C=O) groups is 3. The summed E-state index contributed by atoms with van der Waals surface area (Å²) in [5, 5.41) is 20.5. The summed E-state index contributed by atoms with van der Waals surface area (Å²) < 4.78 is 39.6. The lowest BCUT2D eigenvalue weighted by Crippen LogP contribution is -2.59. The molecule has 24 heavy (non-hydrogen) atoms. The molecule has 12 heteroatoms. The van der Waals surface area contributed by atoms with Crippen LogP contribution in [0.5, 0.6) is 0 Å². The van der Waals surface area contributed by atoms with Gasteiger partial charge in [-0.1, -0.05) is 0 Å². The third-order valence-electron chi connectivity index (χ3n) is 4.01. The van der Waals surface area contributed by atoms with Crippen molar-refractivity contribution in [1.82, 2.24) is 5.32 Å². The summed E-state index contributed by atoms with van der Waals surface area (Å²) in [5.74, 6) is -6.21. The van der Waals surface area contributed by atoms with Crippen molar-refractivity contribution in [2.45, 2.75) is 31.1 Å². The van der Waals surface area contributed by atoms with Crippen molar-refractivity contribution in [1.29, 1.82) is 0 Å². The highest BCUT2D eigenvalue weighted by Gasteiger charge is 2.76. The second-order valence-electron chi connectivity index (χ2n) is 5.97. The van der Waals surface area contributed by atoms with Crippen LogP contribution in [-0.2, 0) is 24.5 Å². The van der Waals surface area contributed by atoms with Gasteiger partial charge in [-0.2, -0.15) is 8.42 Å². The molecule has 138 valence electrons. The second-order valence-corrected chi connectivity index (χ2v) is 7.44. The molecule has 0 saturated heterocycles. The van der Waals surface area contributed by atoms with Gasteiger partial charge in [-0.25, -0.2) is 9.18 Å². The molecule has 0 bridgehead atoms. The lowest BCUT2D eigenvalue weighted by atomic mass is 9.89. The number of carboxylic acid groups (broad SMARTS) is 2. The summed E-state index contributed by atoms with van der Waals surface area (Å²) in [6.45, 7) is 1.37. The smallest absolute Gasteiger partial charge is 0.329 e. The van der Waals surface area contributed by atoms with E-state index in [2.05, 4.69) is 5.32 Å². The highest BCUT2D eigenvalue weighted by Crippen LogP contribution is 2.63. The first-order valence-corrected chi connectivity index (χ1v) is 8.67. The highest BCUT2D eigenvalue weighted by atomic mass is 32.2. The SMILES string of the molecule is CS(=O)(=O)O.C[C@H](N)C(=O)NC1(C(=O)O)CC(F)C2C(C(=O)O)C21. The van der Waals surface area contributed by atoms with Gasteiger partial charge in [0.2, 0.25) is 5.91 Å². The van der Waals surface area contributed by atoms with Crippen LogP contribution in [0.2, 0.25) is 0 Å². The number of hydrogen-bond donors (Lipinski definition) is 5. The van der Waals surface area contributed by atoms with Crippen LogP contribution < -0.4 is 11.1 Å². The summed E-state index contributed by atoms with van der Waals surface area (Å²) in [6, 6.07) is -0.949. The molecule has 10 nitrogen and oxygen atoms in total. The van der Waals surface area contributed by atoms with E-state index in [9.17, 15) is 32.3 Å². The normalized spacial score (nSPS) is 35.0. The molecule has 2 saturated carbocycles. The summed E-state index contributed by atoms with van der Waals surface area (Å²) in [7, 11) is -3.67. The van der Waals surface area contributed by atoms with E-state index in [0.29, 0.717) is 6.26 Å². The summed E-state index contributed by atoms with van der Waals surface area (Å²) in [6.07, 6.45) is -1.25. The fourth-order valence-corrected chi connectivity index (χ4v) is 3.07. The van der Waals surface area contributed by atoms with Gasteiger partial charge in [0.25, 0.3) is 10.1 Å². The number of aliphatic carboxylic acids is 2. The molecule has 0 spiro atoms. The van der Waals surface area contributed by atoms with Crippen molar-refractivity contribution < 1.29 is 42.0 Å². The van der Waals surface area contributed by atoms with Crippen molar-refractivity contribution in [3.8, 4) is 0 Å². The molecule has 2 aliphatic rings. The Morgan fingerprint density at radius 1 is 1.33 bits per heavy atom. The zero-order chi connectivity index (χ0) is 19.0. The number of fused-ring (bicyclic) bond motifs is 1. The molecule has 6 atom stereocenters. The maximum atomic E-state index is 13.8. The van der Waals surface area contributed by atoms with Crippen molar-refractivity contribution in [2.24, 2.45) is 23.5 Å². The first-order valence-electron chi connectivity index (χ1n) is 6.82. The quantitative estimate of drug-likeness (QED) is 0.366. The molecule has 0 radical (unpaired) electrons. The van der Waals surface area contributed by atoms with Crippen LogP contribution in [0.4, 0.5) is 4.39 Å². The minimum absolute atomic E-state index is 0.417. The lowest BCUT2D eigenvalue weighted by Gasteiger charge is -2.29. The number of halogens is 1. The Bertz CT molecular complexity index is 643. The van der Waals surface area contributed by atoms with Crippen molar-refractivity contribution in [3.63, 3.8) is 0 Å². The van der Waals surface area contributed by atoms with Gasteiger partial charge in [0.1, 0.15) is 11.7 Å². The molecule has 0 heterocycles. The average molecular weight is 370 g/mol. The maximum absolute atomic E-state index is 13.8. The number of hydrogen-bond acceptors (Lipinski definition) is 6. The van der Waals surface area contributed by atoms with E-state index < -0.39 is 69.9 Å². The predicted molar refractivity (Wildman–Crippen MR) is 77.3 cm³/mol. The van der Waals surface area contributed by atoms with Crippen LogP contribution in [0.15, 0.2) is 0 Å². The number of carbonyl (C=O) groups excluding carboxylic acids is 1. The van der Waals surface area contributed by atoms with Gasteiger partial charge in [-0.3, -0.25) is 14.1 Å². The Balaban J connectivity index is 0.000000505. The first kappa shape index (κ1) is 20.3. The molecule has 0 aromatic rings. The van der Waals surface area contributed by atoms with Gasteiger partial charge in [-0.15, -0.1) is 0 Å². The number of rotatable bonds is 4. The molecule has 0 aromatic heterocycles. The van der Waals surface area contributed by atoms with Crippen LogP contribution in [0.1, 0.15) is 13.3 Å². The van der Waals surface area contributed by atoms with Crippen molar-refractivity contribution >= 4 is 28.0 Å². The molecular weight excluding hydrogens is 351 g/mol. The average Bonchev–Trinajstić information content (AvgIpc) is 3.04. The lowest BCUT2D eigenvalue weighted by molar-refractivity contribution is -0.150. The van der Waals surface area contributed by atoms with Crippen molar-refractivity contribution in [3.05, 3.63) is 0 Å². The van der Waals surface area contributed by atoms with E-state index in [0.717, 1.165) is 0 Å². The number of alkyl halides is 1. The standard InChI is InChI=1S/C11H15FN2O5.CH4O3S/c1-3(13)8(15)14-11(10(18)19)2-4(12)5-6(7(5)11)9(16)17;1-5(2,3)4/h3-7H,2,13H2,1H3,(H,14,15)(H,16,17)(H,18,19);1H3,(H,2,3,4)/t3-,4?,5?,6?,7?,11?;/m0./s1. The Hall–Kier alpha value is -1.79. The van der Waals surface area contributed by atoms with E-state index in [1.165, 1.54) is 6.92 Å². The van der Waals surface area contributed by atoms with Gasteiger partial charge in [-0.05, 0) is 6.92 Å². The second kappa shape index (κ2) is 6.61. The van der Waals surface area contributed by atoms with E-state index in [1.54, 1.807) is 0 Å². The van der Waals surface area contributed by atoms with Crippen LogP contribution >= 0.6 is 0 Å². The first-order chi connectivity index (χ1) is 10.7. The fraction of sp³-hybridized carbons (Fsp3) is 0.750. The molecule has 5 unspecified atom stereocenters. The zero-order valence-electron chi connectivity index (χ0n) is 12.8. The van der Waals surface area contributed by atoms with Crippen molar-refractivity contribution in [2.75, 3.05) is 6.26 Å². The monoisotopic (exact) mass is 370 g/mol. The van der Waals surface area contributed by atoms with E-state index in [4.69, 9.17) is 15.4 Å². The number of carboxylic acids is 2. The Morgan fingerprint density at radius 3 is 2.08 bits per heavy atom. The summed E-state index contributed by atoms with van der Waals surface area (Å²) in [5.41, 5.74) is 3.48. The predicted octanol–water partition coefficient (Wildman–Crippen LogP) is -1.53. The third kappa shape index (κ3) is 4.19. The molecule has 6 N–H and O–H groups in total. The molecular formula is C12H19FN2O8S. The molecule has 0 aliphatic heterocycles. The number of nitrogens with one attached hydrogen (secondary N) is 1. The topological polar surface area (TPSA) is 184 Å². The van der Waals surface area contributed by atoms with Gasteiger partial charge in [0.15, 0.2) is 0 Å². The summed E-state index contributed by atoms with van der Waals surface area (Å²) >= 11 is 0. The minimum atomic E-state index is -3.67. The van der Waals surface area contributed by atoms with Gasteiger partial charge >= 0.3 is 11.9 Å². The highest BCUT2D eigenvalue weighted by molar-refractivity contribution is 7.85. The Morgan fingerprint density at radius 2 is 1.79 bits per heavy atom. The van der Waals surface area contributed by atoms with Crippen LogP contribution in [0.25, 0.3) is 0 Å². The van der Waals surface area contributed by atoms with E-state index in [-0.39, 0.29) is 0 Å². The van der Waals surface area contributed by atoms with E-state index in [1.807, 2.05) is 0 Å². The summed E-state index contributed by atoms with van der Waals surface area (Å²) in [4.78, 5) is 34.0. The fourth-order valence-electron chi connectivity index (χ4n) is 3.07. The van der Waals surface area contributed by atoms with Gasteiger partial charge in [0, 0.05) is 18.3 Å². The Labute approximate surface area is 137 Å². The number of nitrogens with two attached hydrogens (primary N) is 1. The van der Waals surface area contributed by atoms with Crippen LogP contribution in [0, 0.1) is 17.8 Å². The van der Waals surface area contributed by atoms with Crippen LogP contribution in [-0.4, -0.2) is 65.0 Å². The molecule has 1 amide bonds. The van der Waals surface area contributed by atoms with E-state index >= 15 is 0 Å². The number of amides is 1. The molecule has 0 aromatic carbocycles. The molecule has 2 rings (SSSR count). The minimum Gasteiger partial charge on any atom is -0.481 e. The van der Waals surface area contributed by atoms with Crippen LogP contribution in [0.3, 0.4) is 0 Å². The third-order valence-corrected chi connectivity index (χ3v) is 4.01. The zero-order valence-corrected chi connectivity index (χ0v) is 13.7. The van der Waals surface area contributed by atoms with Gasteiger partial charge < -0.3 is 21.3 Å². The molecule has 2 fully saturated rings. The molecule has 2 aliphatic carbocycles.